The Kier molecular flexibility index (Phi) is 4.36. The van der Waals surface area contributed by atoms with Crippen molar-refractivity contribution in [3.63, 3.8) is 0 Å². The van der Waals surface area contributed by atoms with Crippen LogP contribution in [0, 0.1) is 0 Å². The van der Waals surface area contributed by atoms with Crippen molar-refractivity contribution in [2.24, 2.45) is 0 Å². The normalized spacial score (nSPS) is 22.7. The van der Waals surface area contributed by atoms with Crippen molar-refractivity contribution < 1.29 is 4.79 Å². The van der Waals surface area contributed by atoms with Crippen molar-refractivity contribution in [3.8, 4) is 0 Å². The van der Waals surface area contributed by atoms with E-state index in [1.165, 1.54) is 11.1 Å². The monoisotopic (exact) mass is 285 g/mol. The number of hydrogen-bond donors (Lipinski definition) is 1. The van der Waals surface area contributed by atoms with E-state index in [9.17, 15) is 4.79 Å². The Morgan fingerprint density at radius 3 is 2.67 bits per heavy atom. The number of nitrogens with zero attached hydrogens (tertiary/aromatic N) is 2. The highest BCUT2D eigenvalue weighted by molar-refractivity contribution is 5.82. The van der Waals surface area contributed by atoms with Crippen LogP contribution < -0.4 is 5.32 Å². The summed E-state index contributed by atoms with van der Waals surface area (Å²) in [6, 6.07) is 8.32. The lowest BCUT2D eigenvalue weighted by Crippen LogP contribution is -2.55. The molecular weight excluding hydrogens is 262 g/mol. The van der Waals surface area contributed by atoms with E-state index in [1.54, 1.807) is 0 Å². The Hall–Kier alpha value is -1.65. The molecule has 1 saturated heterocycles. The van der Waals surface area contributed by atoms with Gasteiger partial charge in [0.15, 0.2) is 0 Å². The van der Waals surface area contributed by atoms with Crippen LogP contribution in [0.3, 0.4) is 0 Å². The maximum absolute atomic E-state index is 12.7. The molecule has 2 aliphatic rings. The summed E-state index contributed by atoms with van der Waals surface area (Å²) < 4.78 is 0. The first-order chi connectivity index (χ1) is 10.3. The van der Waals surface area contributed by atoms with Crippen LogP contribution >= 0.6 is 0 Å². The van der Waals surface area contributed by atoms with Crippen molar-refractivity contribution in [3.05, 3.63) is 48.0 Å². The lowest BCUT2D eigenvalue weighted by molar-refractivity contribution is -0.135. The summed E-state index contributed by atoms with van der Waals surface area (Å²) >= 11 is 0. The number of carbonyl (C=O) groups excluding carboxylic acids is 1. The average Bonchev–Trinajstić information content (AvgIpc) is 2.55. The highest BCUT2D eigenvalue weighted by Crippen LogP contribution is 2.18. The van der Waals surface area contributed by atoms with Crippen molar-refractivity contribution in [2.45, 2.75) is 19.0 Å². The Bertz CT molecular complexity index is 521. The van der Waals surface area contributed by atoms with Gasteiger partial charge in [-0.15, -0.1) is 6.58 Å². The van der Waals surface area contributed by atoms with Crippen LogP contribution in [0.25, 0.3) is 0 Å². The molecule has 1 aromatic carbocycles. The lowest BCUT2D eigenvalue weighted by Gasteiger charge is -2.37. The molecule has 0 saturated carbocycles. The third-order valence-corrected chi connectivity index (χ3v) is 4.45. The van der Waals surface area contributed by atoms with E-state index < -0.39 is 0 Å². The van der Waals surface area contributed by atoms with Gasteiger partial charge in [0.05, 0.1) is 6.04 Å². The number of fused-ring (bicyclic) bond motifs is 1. The Morgan fingerprint density at radius 1 is 1.24 bits per heavy atom. The van der Waals surface area contributed by atoms with Crippen LogP contribution in [-0.4, -0.2) is 54.5 Å². The van der Waals surface area contributed by atoms with Crippen molar-refractivity contribution in [2.75, 3.05) is 32.7 Å². The first-order valence-corrected chi connectivity index (χ1v) is 7.70. The van der Waals surface area contributed by atoms with Gasteiger partial charge in [-0.1, -0.05) is 30.3 Å². The molecule has 1 N–H and O–H groups in total. The van der Waals surface area contributed by atoms with Gasteiger partial charge < -0.3 is 10.2 Å². The van der Waals surface area contributed by atoms with Gasteiger partial charge >= 0.3 is 0 Å². The Morgan fingerprint density at radius 2 is 1.95 bits per heavy atom. The summed E-state index contributed by atoms with van der Waals surface area (Å²) in [7, 11) is 0. The summed E-state index contributed by atoms with van der Waals surface area (Å²) in [6.45, 7) is 9.02. The Labute approximate surface area is 126 Å². The predicted octanol–water partition coefficient (Wildman–Crippen LogP) is 1.03. The predicted molar refractivity (Wildman–Crippen MR) is 84.0 cm³/mol. The fraction of sp³-hybridized carbons (Fsp3) is 0.471. The number of rotatable bonds is 3. The number of amides is 1. The van der Waals surface area contributed by atoms with Crippen LogP contribution in [0.2, 0.25) is 0 Å². The first-order valence-electron chi connectivity index (χ1n) is 7.70. The third-order valence-electron chi connectivity index (χ3n) is 4.45. The molecule has 0 bridgehead atoms. The fourth-order valence-corrected chi connectivity index (χ4v) is 3.18. The molecule has 1 amide bonds. The van der Waals surface area contributed by atoms with E-state index in [4.69, 9.17) is 0 Å². The fourth-order valence-electron chi connectivity index (χ4n) is 3.18. The van der Waals surface area contributed by atoms with Gasteiger partial charge in [0.25, 0.3) is 0 Å². The number of piperazine rings is 1. The van der Waals surface area contributed by atoms with Crippen molar-refractivity contribution in [1.29, 1.82) is 0 Å². The summed E-state index contributed by atoms with van der Waals surface area (Å²) in [5.41, 5.74) is 2.62. The zero-order valence-corrected chi connectivity index (χ0v) is 12.4. The second-order valence-corrected chi connectivity index (χ2v) is 5.82. The van der Waals surface area contributed by atoms with Crippen molar-refractivity contribution >= 4 is 5.91 Å². The second kappa shape index (κ2) is 6.41. The SMILES string of the molecule is C=CCN1CCN(C(=O)[C@H]2Cc3ccccc3CN2)CC1. The molecule has 0 aliphatic carbocycles. The standard InChI is InChI=1S/C17H23N3O/c1-2-7-19-8-10-20(11-9-19)17(21)16-12-14-5-3-4-6-15(14)13-18-16/h2-6,16,18H,1,7-13H2/t16-/m1/s1. The van der Waals surface area contributed by atoms with Crippen molar-refractivity contribution in [1.82, 2.24) is 15.1 Å². The van der Waals surface area contributed by atoms with E-state index in [1.807, 2.05) is 11.0 Å². The van der Waals surface area contributed by atoms with Gasteiger partial charge in [0, 0.05) is 39.3 Å². The smallest absolute Gasteiger partial charge is 0.240 e. The van der Waals surface area contributed by atoms with Gasteiger partial charge in [0.1, 0.15) is 0 Å². The third kappa shape index (κ3) is 3.17. The molecular formula is C17H23N3O. The molecule has 112 valence electrons. The topological polar surface area (TPSA) is 35.6 Å². The number of benzene rings is 1. The summed E-state index contributed by atoms with van der Waals surface area (Å²) in [4.78, 5) is 17.0. The average molecular weight is 285 g/mol. The van der Waals surface area contributed by atoms with E-state index in [2.05, 4.69) is 41.1 Å². The minimum Gasteiger partial charge on any atom is -0.339 e. The van der Waals surface area contributed by atoms with Gasteiger partial charge in [-0.05, 0) is 17.5 Å². The van der Waals surface area contributed by atoms with Gasteiger partial charge in [0.2, 0.25) is 5.91 Å². The number of carbonyl (C=O) groups is 1. The maximum Gasteiger partial charge on any atom is 0.240 e. The molecule has 0 spiro atoms. The van der Waals surface area contributed by atoms with Crippen LogP contribution in [0.5, 0.6) is 0 Å². The molecule has 1 fully saturated rings. The molecule has 1 aromatic rings. The van der Waals surface area contributed by atoms with E-state index in [-0.39, 0.29) is 11.9 Å². The minimum absolute atomic E-state index is 0.0640. The number of nitrogens with one attached hydrogen (secondary N) is 1. The van der Waals surface area contributed by atoms with E-state index in [0.29, 0.717) is 0 Å². The summed E-state index contributed by atoms with van der Waals surface area (Å²) in [5.74, 6) is 0.253. The highest BCUT2D eigenvalue weighted by Gasteiger charge is 2.29. The van der Waals surface area contributed by atoms with Crippen LogP contribution in [0.15, 0.2) is 36.9 Å². The molecule has 0 unspecified atom stereocenters. The second-order valence-electron chi connectivity index (χ2n) is 5.82. The highest BCUT2D eigenvalue weighted by atomic mass is 16.2. The molecule has 2 aliphatic heterocycles. The van der Waals surface area contributed by atoms with Gasteiger partial charge in [-0.25, -0.2) is 0 Å². The van der Waals surface area contributed by atoms with E-state index >= 15 is 0 Å². The van der Waals surface area contributed by atoms with E-state index in [0.717, 1.165) is 45.7 Å². The maximum atomic E-state index is 12.7. The van der Waals surface area contributed by atoms with Crippen LogP contribution in [0.1, 0.15) is 11.1 Å². The number of hydrogen-bond acceptors (Lipinski definition) is 3. The lowest BCUT2D eigenvalue weighted by atomic mass is 9.95. The van der Waals surface area contributed by atoms with Gasteiger partial charge in [-0.2, -0.15) is 0 Å². The van der Waals surface area contributed by atoms with Crippen LogP contribution in [-0.2, 0) is 17.8 Å². The first kappa shape index (κ1) is 14.3. The molecule has 0 radical (unpaired) electrons. The minimum atomic E-state index is -0.0640. The van der Waals surface area contributed by atoms with Crippen LogP contribution in [0.4, 0.5) is 0 Å². The Balaban J connectivity index is 1.59. The summed E-state index contributed by atoms with van der Waals surface area (Å²) in [5, 5.41) is 3.39. The van der Waals surface area contributed by atoms with Gasteiger partial charge in [-0.3, -0.25) is 9.69 Å². The quantitative estimate of drug-likeness (QED) is 0.843. The largest absolute Gasteiger partial charge is 0.339 e. The molecule has 4 heteroatoms. The molecule has 0 aromatic heterocycles. The summed E-state index contributed by atoms with van der Waals surface area (Å²) in [6.07, 6.45) is 2.74. The molecule has 1 atom stereocenters. The molecule has 4 nitrogen and oxygen atoms in total. The molecule has 3 rings (SSSR count). The molecule has 21 heavy (non-hydrogen) atoms. The zero-order valence-electron chi connectivity index (χ0n) is 12.4. The molecule has 2 heterocycles. The zero-order chi connectivity index (χ0) is 14.7.